The molecule has 0 radical (unpaired) electrons. The minimum Gasteiger partial charge on any atom is -0.466 e. The molecular formula is C16H26N2O2. The van der Waals surface area contributed by atoms with Gasteiger partial charge in [-0.3, -0.25) is 4.79 Å². The highest BCUT2D eigenvalue weighted by Gasteiger charge is 2.35. The van der Waals surface area contributed by atoms with Crippen molar-refractivity contribution in [2.45, 2.75) is 59.5 Å². The van der Waals surface area contributed by atoms with Crippen LogP contribution in [-0.2, 0) is 11.2 Å². The van der Waals surface area contributed by atoms with Crippen LogP contribution in [0.3, 0.4) is 0 Å². The summed E-state index contributed by atoms with van der Waals surface area (Å²) in [4.78, 5) is 12.0. The Morgan fingerprint density at radius 1 is 1.50 bits per heavy atom. The van der Waals surface area contributed by atoms with Gasteiger partial charge in [0, 0.05) is 18.0 Å². The fourth-order valence-electron chi connectivity index (χ4n) is 2.86. The fraction of sp³-hybridized carbons (Fsp3) is 0.688. The maximum absolute atomic E-state index is 12.0. The van der Waals surface area contributed by atoms with Gasteiger partial charge in [0.1, 0.15) is 11.5 Å². The van der Waals surface area contributed by atoms with Crippen molar-refractivity contribution in [3.8, 4) is 0 Å². The van der Waals surface area contributed by atoms with Gasteiger partial charge in [-0.15, -0.1) is 0 Å². The van der Waals surface area contributed by atoms with Crippen LogP contribution in [0.15, 0.2) is 10.5 Å². The molecule has 20 heavy (non-hydrogen) atoms. The maximum Gasteiger partial charge on any atom is 0.234 e. The summed E-state index contributed by atoms with van der Waals surface area (Å²) in [6.07, 6.45) is 1.89. The van der Waals surface area contributed by atoms with Crippen molar-refractivity contribution >= 4 is 5.91 Å². The van der Waals surface area contributed by atoms with E-state index in [1.54, 1.807) is 0 Å². The average Bonchev–Trinajstić information content (AvgIpc) is 2.65. The van der Waals surface area contributed by atoms with E-state index >= 15 is 0 Å². The third-order valence-corrected chi connectivity index (χ3v) is 3.74. The molecule has 2 N–H and O–H groups in total. The standard InChI is InChI=1S/C16H26N2O2/c1-10(2)17-9-15(19)18-13-7-16(4,5)8-14-12(13)6-11(3)20-14/h6,10,13,17H,7-9H2,1-5H3,(H,18,19). The predicted octanol–water partition coefficient (Wildman–Crippen LogP) is 2.72. The molecule has 0 aliphatic heterocycles. The van der Waals surface area contributed by atoms with Crippen LogP contribution < -0.4 is 10.6 Å². The quantitative estimate of drug-likeness (QED) is 0.890. The Balaban J connectivity index is 2.09. The molecule has 0 fully saturated rings. The van der Waals surface area contributed by atoms with Gasteiger partial charge in [0.15, 0.2) is 0 Å². The third kappa shape index (κ3) is 3.63. The number of rotatable bonds is 4. The van der Waals surface area contributed by atoms with Gasteiger partial charge in [-0.25, -0.2) is 0 Å². The number of nitrogens with one attached hydrogen (secondary N) is 2. The minimum absolute atomic E-state index is 0.0474. The van der Waals surface area contributed by atoms with Crippen LogP contribution in [0.4, 0.5) is 0 Å². The minimum atomic E-state index is 0.0474. The van der Waals surface area contributed by atoms with Crippen LogP contribution in [0.1, 0.15) is 57.2 Å². The fourth-order valence-corrected chi connectivity index (χ4v) is 2.86. The smallest absolute Gasteiger partial charge is 0.234 e. The molecule has 4 heteroatoms. The first-order valence-corrected chi connectivity index (χ1v) is 7.39. The van der Waals surface area contributed by atoms with E-state index in [4.69, 9.17) is 4.42 Å². The monoisotopic (exact) mass is 278 g/mol. The summed E-state index contributed by atoms with van der Waals surface area (Å²) in [5.41, 5.74) is 1.31. The summed E-state index contributed by atoms with van der Waals surface area (Å²) in [5, 5.41) is 6.29. The number of fused-ring (bicyclic) bond motifs is 1. The third-order valence-electron chi connectivity index (χ3n) is 3.74. The molecular weight excluding hydrogens is 252 g/mol. The summed E-state index contributed by atoms with van der Waals surface area (Å²) in [5.74, 6) is 2.00. The maximum atomic E-state index is 12.0. The lowest BCUT2D eigenvalue weighted by molar-refractivity contribution is -0.121. The molecule has 112 valence electrons. The molecule has 1 atom stereocenters. The number of carbonyl (C=O) groups is 1. The second kappa shape index (κ2) is 5.60. The van der Waals surface area contributed by atoms with E-state index in [9.17, 15) is 4.79 Å². The van der Waals surface area contributed by atoms with Gasteiger partial charge in [0.25, 0.3) is 0 Å². The Morgan fingerprint density at radius 2 is 2.20 bits per heavy atom. The SMILES string of the molecule is Cc1cc2c(o1)CC(C)(C)CC2NC(=O)CNC(C)C. The van der Waals surface area contributed by atoms with E-state index < -0.39 is 0 Å². The molecule has 4 nitrogen and oxygen atoms in total. The van der Waals surface area contributed by atoms with E-state index in [2.05, 4.69) is 30.5 Å². The van der Waals surface area contributed by atoms with E-state index in [-0.39, 0.29) is 17.4 Å². The van der Waals surface area contributed by atoms with Gasteiger partial charge in [-0.1, -0.05) is 27.7 Å². The van der Waals surface area contributed by atoms with Gasteiger partial charge in [0.2, 0.25) is 5.91 Å². The van der Waals surface area contributed by atoms with Crippen molar-refractivity contribution in [1.29, 1.82) is 0 Å². The average molecular weight is 278 g/mol. The molecule has 0 saturated heterocycles. The molecule has 1 amide bonds. The highest BCUT2D eigenvalue weighted by atomic mass is 16.3. The molecule has 0 spiro atoms. The molecule has 1 unspecified atom stereocenters. The number of amides is 1. The molecule has 0 aromatic carbocycles. The molecule has 0 bridgehead atoms. The summed E-state index contributed by atoms with van der Waals surface area (Å²) < 4.78 is 5.78. The van der Waals surface area contributed by atoms with Crippen LogP contribution in [-0.4, -0.2) is 18.5 Å². The first-order chi connectivity index (χ1) is 9.27. The van der Waals surface area contributed by atoms with E-state index in [0.717, 1.165) is 29.9 Å². The van der Waals surface area contributed by atoms with Gasteiger partial charge in [-0.05, 0) is 24.8 Å². The van der Waals surface area contributed by atoms with Crippen LogP contribution in [0.2, 0.25) is 0 Å². The van der Waals surface area contributed by atoms with Crippen molar-refractivity contribution in [2.75, 3.05) is 6.54 Å². The van der Waals surface area contributed by atoms with Crippen molar-refractivity contribution in [3.05, 3.63) is 23.2 Å². The van der Waals surface area contributed by atoms with Crippen LogP contribution >= 0.6 is 0 Å². The second-order valence-corrected chi connectivity index (χ2v) is 6.94. The number of aryl methyl sites for hydroxylation is 1. The molecule has 1 aliphatic rings. The van der Waals surface area contributed by atoms with Crippen molar-refractivity contribution in [3.63, 3.8) is 0 Å². The molecule has 1 aliphatic carbocycles. The highest BCUT2D eigenvalue weighted by molar-refractivity contribution is 5.78. The number of furan rings is 1. The molecule has 2 rings (SSSR count). The van der Waals surface area contributed by atoms with Crippen molar-refractivity contribution < 1.29 is 9.21 Å². The van der Waals surface area contributed by atoms with E-state index in [1.807, 2.05) is 20.8 Å². The molecule has 0 saturated carbocycles. The zero-order chi connectivity index (χ0) is 14.9. The van der Waals surface area contributed by atoms with E-state index in [0.29, 0.717) is 12.6 Å². The van der Waals surface area contributed by atoms with Crippen LogP contribution in [0.5, 0.6) is 0 Å². The van der Waals surface area contributed by atoms with E-state index in [1.165, 1.54) is 0 Å². The zero-order valence-electron chi connectivity index (χ0n) is 13.2. The van der Waals surface area contributed by atoms with Gasteiger partial charge < -0.3 is 15.1 Å². The number of hydrogen-bond acceptors (Lipinski definition) is 3. The Labute approximate surface area is 121 Å². The van der Waals surface area contributed by atoms with Crippen LogP contribution in [0, 0.1) is 12.3 Å². The van der Waals surface area contributed by atoms with Gasteiger partial charge >= 0.3 is 0 Å². The topological polar surface area (TPSA) is 54.3 Å². The molecule has 1 heterocycles. The molecule has 1 aromatic rings. The zero-order valence-corrected chi connectivity index (χ0v) is 13.2. The largest absolute Gasteiger partial charge is 0.466 e. The number of hydrogen-bond donors (Lipinski definition) is 2. The lowest BCUT2D eigenvalue weighted by Gasteiger charge is -2.34. The van der Waals surface area contributed by atoms with Gasteiger partial charge in [-0.2, -0.15) is 0 Å². The highest BCUT2D eigenvalue weighted by Crippen LogP contribution is 2.41. The molecule has 1 aromatic heterocycles. The summed E-state index contributed by atoms with van der Waals surface area (Å²) in [6.45, 7) is 10.8. The summed E-state index contributed by atoms with van der Waals surface area (Å²) in [7, 11) is 0. The predicted molar refractivity (Wildman–Crippen MR) is 79.6 cm³/mol. The Hall–Kier alpha value is -1.29. The lowest BCUT2D eigenvalue weighted by atomic mass is 9.74. The van der Waals surface area contributed by atoms with Crippen molar-refractivity contribution in [2.24, 2.45) is 5.41 Å². The normalized spacial score (nSPS) is 20.8. The summed E-state index contributed by atoms with van der Waals surface area (Å²) >= 11 is 0. The Bertz CT molecular complexity index is 489. The Kier molecular flexibility index (Phi) is 4.23. The van der Waals surface area contributed by atoms with Crippen LogP contribution in [0.25, 0.3) is 0 Å². The number of carbonyl (C=O) groups excluding carboxylic acids is 1. The summed E-state index contributed by atoms with van der Waals surface area (Å²) in [6, 6.07) is 2.44. The first-order valence-electron chi connectivity index (χ1n) is 7.39. The second-order valence-electron chi connectivity index (χ2n) is 6.94. The van der Waals surface area contributed by atoms with Crippen molar-refractivity contribution in [1.82, 2.24) is 10.6 Å². The lowest BCUT2D eigenvalue weighted by Crippen LogP contribution is -2.41. The Morgan fingerprint density at radius 3 is 2.85 bits per heavy atom. The van der Waals surface area contributed by atoms with Gasteiger partial charge in [0.05, 0.1) is 12.6 Å². The first kappa shape index (κ1) is 15.1.